The fourth-order valence-electron chi connectivity index (χ4n) is 1.27. The van der Waals surface area contributed by atoms with E-state index in [1.54, 1.807) is 11.3 Å². The quantitative estimate of drug-likeness (QED) is 0.626. The monoisotopic (exact) mass is 282 g/mol. The van der Waals surface area contributed by atoms with Gasteiger partial charge in [0.1, 0.15) is 0 Å². The van der Waals surface area contributed by atoms with Gasteiger partial charge in [-0.3, -0.25) is 4.79 Å². The highest BCUT2D eigenvalue weighted by atomic mass is 79.9. The first-order valence-corrected chi connectivity index (χ1v) is 6.15. The van der Waals surface area contributed by atoms with Crippen molar-refractivity contribution in [2.24, 2.45) is 0 Å². The number of carbonyl (C=O) groups excluding carboxylic acids is 1. The Morgan fingerprint density at radius 1 is 1.33 bits per heavy atom. The first-order valence-electron chi connectivity index (χ1n) is 4.48. The number of rotatable bonds is 3. The van der Waals surface area contributed by atoms with Crippen molar-refractivity contribution in [2.45, 2.75) is 6.54 Å². The van der Waals surface area contributed by atoms with Crippen molar-refractivity contribution in [3.05, 3.63) is 51.4 Å². The fourth-order valence-corrected chi connectivity index (χ4v) is 2.42. The number of nitrogens with zero attached hydrogens (tertiary/aromatic N) is 1. The molecule has 0 aliphatic carbocycles. The third-order valence-electron chi connectivity index (χ3n) is 2.04. The van der Waals surface area contributed by atoms with Crippen LogP contribution in [0.1, 0.15) is 10.4 Å². The van der Waals surface area contributed by atoms with Gasteiger partial charge in [0.25, 0.3) is 0 Å². The standard InChI is InChI=1S/C11H9BrNOS/c12-11-13(6-7-15-11)8-10(14)9-4-2-1-3-5-9/h1-7H,8H2/q+1. The van der Waals surface area contributed by atoms with Crippen LogP contribution in [0.15, 0.2) is 45.8 Å². The van der Waals surface area contributed by atoms with Crippen molar-refractivity contribution in [1.29, 1.82) is 0 Å². The van der Waals surface area contributed by atoms with E-state index in [9.17, 15) is 4.79 Å². The van der Waals surface area contributed by atoms with Crippen LogP contribution in [0.2, 0.25) is 0 Å². The summed E-state index contributed by atoms with van der Waals surface area (Å²) in [7, 11) is 0. The van der Waals surface area contributed by atoms with Crippen molar-refractivity contribution < 1.29 is 9.36 Å². The summed E-state index contributed by atoms with van der Waals surface area (Å²) in [5.74, 6) is 0.125. The SMILES string of the molecule is O=C(C[n+]1ccsc1Br)c1ccccc1. The van der Waals surface area contributed by atoms with Gasteiger partial charge in [0.05, 0.1) is 5.38 Å². The molecule has 0 fully saturated rings. The van der Waals surface area contributed by atoms with Crippen LogP contribution in [0.5, 0.6) is 0 Å². The molecule has 4 heteroatoms. The maximum Gasteiger partial charge on any atom is 0.305 e. The normalized spacial score (nSPS) is 10.2. The van der Waals surface area contributed by atoms with E-state index in [0.29, 0.717) is 6.54 Å². The number of Topliss-reactive ketones (excluding diaryl/α,β-unsaturated/α-hetero) is 1. The lowest BCUT2D eigenvalue weighted by Gasteiger charge is -1.95. The second kappa shape index (κ2) is 4.68. The Morgan fingerprint density at radius 2 is 2.07 bits per heavy atom. The van der Waals surface area contributed by atoms with Gasteiger partial charge in [-0.1, -0.05) is 41.7 Å². The second-order valence-electron chi connectivity index (χ2n) is 3.07. The summed E-state index contributed by atoms with van der Waals surface area (Å²) < 4.78 is 2.85. The molecule has 1 heterocycles. The summed E-state index contributed by atoms with van der Waals surface area (Å²) in [6.07, 6.45) is 1.90. The third-order valence-corrected chi connectivity index (χ3v) is 3.74. The number of carbonyl (C=O) groups is 1. The fraction of sp³-hybridized carbons (Fsp3) is 0.0909. The Morgan fingerprint density at radius 3 is 2.67 bits per heavy atom. The van der Waals surface area contributed by atoms with Gasteiger partial charge in [0.2, 0.25) is 12.3 Å². The van der Waals surface area contributed by atoms with Gasteiger partial charge in [-0.15, -0.1) is 0 Å². The first-order chi connectivity index (χ1) is 7.27. The van der Waals surface area contributed by atoms with E-state index >= 15 is 0 Å². The van der Waals surface area contributed by atoms with Crippen LogP contribution < -0.4 is 4.57 Å². The maximum absolute atomic E-state index is 11.8. The van der Waals surface area contributed by atoms with E-state index in [2.05, 4.69) is 15.9 Å². The molecule has 0 unspecified atom stereocenters. The molecule has 2 nitrogen and oxygen atoms in total. The van der Waals surface area contributed by atoms with Crippen molar-refractivity contribution in [2.75, 3.05) is 0 Å². The lowest BCUT2D eigenvalue weighted by molar-refractivity contribution is -0.688. The van der Waals surface area contributed by atoms with Crippen LogP contribution in [0.4, 0.5) is 0 Å². The molecule has 0 saturated heterocycles. The Kier molecular flexibility index (Phi) is 3.28. The summed E-state index contributed by atoms with van der Waals surface area (Å²) in [4.78, 5) is 11.8. The molecule has 1 aromatic carbocycles. The molecular formula is C11H9BrNOS+. The molecule has 0 aliphatic rings. The zero-order valence-corrected chi connectivity index (χ0v) is 10.3. The molecule has 0 N–H and O–H groups in total. The smallest absolute Gasteiger partial charge is 0.287 e. The molecule has 0 saturated carbocycles. The summed E-state index contributed by atoms with van der Waals surface area (Å²) >= 11 is 4.97. The molecule has 1 aromatic heterocycles. The van der Waals surface area contributed by atoms with Crippen molar-refractivity contribution >= 4 is 33.0 Å². The van der Waals surface area contributed by atoms with Gasteiger partial charge in [-0.2, -0.15) is 4.57 Å². The lowest BCUT2D eigenvalue weighted by Crippen LogP contribution is -2.36. The lowest BCUT2D eigenvalue weighted by atomic mass is 10.1. The van der Waals surface area contributed by atoms with Gasteiger partial charge in [0.15, 0.2) is 6.20 Å². The Balaban J connectivity index is 2.15. The van der Waals surface area contributed by atoms with E-state index in [4.69, 9.17) is 0 Å². The molecule has 2 rings (SSSR count). The minimum atomic E-state index is 0.125. The minimum Gasteiger partial charge on any atom is -0.287 e. The topological polar surface area (TPSA) is 20.9 Å². The molecule has 0 radical (unpaired) electrons. The Hall–Kier alpha value is -1.00. The number of thiazole rings is 1. The van der Waals surface area contributed by atoms with Crippen LogP contribution in [-0.4, -0.2) is 5.78 Å². The largest absolute Gasteiger partial charge is 0.305 e. The van der Waals surface area contributed by atoms with E-state index in [1.807, 2.05) is 46.5 Å². The zero-order chi connectivity index (χ0) is 10.7. The van der Waals surface area contributed by atoms with Crippen LogP contribution >= 0.6 is 27.3 Å². The molecule has 0 bridgehead atoms. The average Bonchev–Trinajstić information content (AvgIpc) is 2.66. The molecule has 76 valence electrons. The molecular weight excluding hydrogens is 274 g/mol. The van der Waals surface area contributed by atoms with Crippen LogP contribution in [0.25, 0.3) is 0 Å². The summed E-state index contributed by atoms with van der Waals surface area (Å²) in [5.41, 5.74) is 0.753. The van der Waals surface area contributed by atoms with E-state index in [-0.39, 0.29) is 5.78 Å². The second-order valence-corrected chi connectivity index (χ2v) is 5.24. The van der Waals surface area contributed by atoms with E-state index in [0.717, 1.165) is 9.48 Å². The highest BCUT2D eigenvalue weighted by Crippen LogP contribution is 2.10. The predicted octanol–water partition coefficient (Wildman–Crippen LogP) is 2.68. The van der Waals surface area contributed by atoms with Crippen LogP contribution in [-0.2, 0) is 6.54 Å². The predicted molar refractivity (Wildman–Crippen MR) is 63.0 cm³/mol. The molecule has 15 heavy (non-hydrogen) atoms. The molecule has 2 aromatic rings. The first kappa shape index (κ1) is 10.5. The molecule has 0 amide bonds. The van der Waals surface area contributed by atoms with Crippen LogP contribution in [0.3, 0.4) is 0 Å². The van der Waals surface area contributed by atoms with Gasteiger partial charge in [-0.25, -0.2) is 0 Å². The van der Waals surface area contributed by atoms with Gasteiger partial charge in [0, 0.05) is 21.5 Å². The summed E-state index contributed by atoms with van der Waals surface area (Å²) in [6, 6.07) is 9.33. The molecule has 0 atom stereocenters. The Bertz CT molecular complexity index is 466. The number of ketones is 1. The van der Waals surface area contributed by atoms with Gasteiger partial charge < -0.3 is 0 Å². The number of aromatic nitrogens is 1. The molecule has 0 aliphatic heterocycles. The Labute approximate surface area is 100 Å². The summed E-state index contributed by atoms with van der Waals surface area (Å²) in [6.45, 7) is 0.383. The molecule has 0 spiro atoms. The number of halogens is 1. The van der Waals surface area contributed by atoms with E-state index in [1.165, 1.54) is 0 Å². The summed E-state index contributed by atoms with van der Waals surface area (Å²) in [5, 5.41) is 1.95. The third kappa shape index (κ3) is 2.52. The highest BCUT2D eigenvalue weighted by molar-refractivity contribution is 9.11. The van der Waals surface area contributed by atoms with E-state index < -0.39 is 0 Å². The minimum absolute atomic E-state index is 0.125. The van der Waals surface area contributed by atoms with Crippen LogP contribution in [0, 0.1) is 0 Å². The van der Waals surface area contributed by atoms with Crippen molar-refractivity contribution in [1.82, 2.24) is 0 Å². The van der Waals surface area contributed by atoms with Gasteiger partial charge >= 0.3 is 3.92 Å². The van der Waals surface area contributed by atoms with Gasteiger partial charge in [-0.05, 0) is 0 Å². The van der Waals surface area contributed by atoms with Crippen molar-refractivity contribution in [3.63, 3.8) is 0 Å². The number of hydrogen-bond acceptors (Lipinski definition) is 2. The highest BCUT2D eigenvalue weighted by Gasteiger charge is 2.15. The maximum atomic E-state index is 11.8. The zero-order valence-electron chi connectivity index (χ0n) is 7.89. The number of hydrogen-bond donors (Lipinski definition) is 0. The number of benzene rings is 1. The van der Waals surface area contributed by atoms with Crippen molar-refractivity contribution in [3.8, 4) is 0 Å². The average molecular weight is 283 g/mol.